The summed E-state index contributed by atoms with van der Waals surface area (Å²) >= 11 is 0. The van der Waals surface area contributed by atoms with Crippen LogP contribution in [0.1, 0.15) is 39.5 Å². The van der Waals surface area contributed by atoms with Crippen LogP contribution in [-0.2, 0) is 0 Å². The summed E-state index contributed by atoms with van der Waals surface area (Å²) in [5, 5.41) is 10.3. The minimum Gasteiger partial charge on any atom is -0.388 e. The third-order valence-corrected chi connectivity index (χ3v) is 3.81. The van der Waals surface area contributed by atoms with Crippen molar-refractivity contribution in [2.24, 2.45) is 17.6 Å². The molecule has 2 unspecified atom stereocenters. The van der Waals surface area contributed by atoms with Crippen LogP contribution in [0.4, 0.5) is 0 Å². The zero-order valence-corrected chi connectivity index (χ0v) is 11.1. The number of rotatable bonds is 6. The summed E-state index contributed by atoms with van der Waals surface area (Å²) in [6, 6.07) is 0. The van der Waals surface area contributed by atoms with Gasteiger partial charge in [-0.05, 0) is 44.7 Å². The molecule has 96 valence electrons. The summed E-state index contributed by atoms with van der Waals surface area (Å²) in [6.45, 7) is 7.11. The van der Waals surface area contributed by atoms with Crippen molar-refractivity contribution in [3.63, 3.8) is 0 Å². The second-order valence-corrected chi connectivity index (χ2v) is 5.84. The lowest BCUT2D eigenvalue weighted by molar-refractivity contribution is 0.00510. The molecule has 0 spiro atoms. The van der Waals surface area contributed by atoms with Gasteiger partial charge in [0.05, 0.1) is 5.60 Å². The third-order valence-electron chi connectivity index (χ3n) is 3.81. The fraction of sp³-hybridized carbons (Fsp3) is 1.00. The lowest BCUT2D eigenvalue weighted by atomic mass is 9.88. The molecule has 3 N–H and O–H groups in total. The molecule has 3 heteroatoms. The summed E-state index contributed by atoms with van der Waals surface area (Å²) in [4.78, 5) is 2.36. The van der Waals surface area contributed by atoms with Gasteiger partial charge in [0.2, 0.25) is 0 Å². The van der Waals surface area contributed by atoms with Gasteiger partial charge in [-0.2, -0.15) is 0 Å². The molecule has 1 aliphatic rings. The molecule has 0 bridgehead atoms. The largest absolute Gasteiger partial charge is 0.388 e. The normalized spacial score (nSPS) is 30.6. The average molecular weight is 228 g/mol. The highest BCUT2D eigenvalue weighted by Crippen LogP contribution is 2.37. The highest BCUT2D eigenvalue weighted by molar-refractivity contribution is 4.93. The Hall–Kier alpha value is -0.120. The van der Waals surface area contributed by atoms with Gasteiger partial charge in [-0.15, -0.1) is 0 Å². The Balaban J connectivity index is 2.32. The van der Waals surface area contributed by atoms with Crippen LogP contribution in [0.2, 0.25) is 0 Å². The first-order chi connectivity index (χ1) is 7.48. The molecule has 0 aromatic heterocycles. The molecule has 1 fully saturated rings. The van der Waals surface area contributed by atoms with Crippen molar-refractivity contribution in [2.75, 3.05) is 26.7 Å². The van der Waals surface area contributed by atoms with Crippen LogP contribution in [0.25, 0.3) is 0 Å². The van der Waals surface area contributed by atoms with Crippen molar-refractivity contribution < 1.29 is 5.11 Å². The summed E-state index contributed by atoms with van der Waals surface area (Å²) in [6.07, 6.45) is 4.24. The van der Waals surface area contributed by atoms with E-state index in [-0.39, 0.29) is 0 Å². The molecule has 0 amide bonds. The van der Waals surface area contributed by atoms with Crippen LogP contribution in [0, 0.1) is 11.8 Å². The van der Waals surface area contributed by atoms with Crippen molar-refractivity contribution in [3.05, 3.63) is 0 Å². The van der Waals surface area contributed by atoms with Gasteiger partial charge in [-0.25, -0.2) is 0 Å². The van der Waals surface area contributed by atoms with E-state index in [0.29, 0.717) is 18.4 Å². The first kappa shape index (κ1) is 13.9. The van der Waals surface area contributed by atoms with E-state index in [1.54, 1.807) is 0 Å². The van der Waals surface area contributed by atoms with Gasteiger partial charge in [0, 0.05) is 13.1 Å². The first-order valence-electron chi connectivity index (χ1n) is 6.59. The van der Waals surface area contributed by atoms with Gasteiger partial charge in [-0.1, -0.05) is 20.3 Å². The van der Waals surface area contributed by atoms with Crippen molar-refractivity contribution in [2.45, 2.75) is 45.1 Å². The highest BCUT2D eigenvalue weighted by atomic mass is 16.3. The van der Waals surface area contributed by atoms with Crippen molar-refractivity contribution in [1.82, 2.24) is 4.90 Å². The van der Waals surface area contributed by atoms with E-state index < -0.39 is 5.60 Å². The van der Waals surface area contributed by atoms with Gasteiger partial charge >= 0.3 is 0 Å². The SMILES string of the molecule is CC(C)CN(C)CCC1CCCC1(O)CN. The zero-order chi connectivity index (χ0) is 12.2. The second-order valence-electron chi connectivity index (χ2n) is 5.84. The van der Waals surface area contributed by atoms with Gasteiger partial charge in [0.15, 0.2) is 0 Å². The zero-order valence-electron chi connectivity index (χ0n) is 11.1. The molecule has 16 heavy (non-hydrogen) atoms. The molecule has 1 rings (SSSR count). The molecule has 0 aromatic rings. The number of nitrogens with two attached hydrogens (primary N) is 1. The van der Waals surface area contributed by atoms with E-state index in [0.717, 1.165) is 38.8 Å². The van der Waals surface area contributed by atoms with E-state index in [4.69, 9.17) is 5.73 Å². The molecule has 0 aliphatic heterocycles. The van der Waals surface area contributed by atoms with Crippen LogP contribution < -0.4 is 5.73 Å². The Kier molecular flexibility index (Phi) is 5.22. The Labute approximate surface area is 100 Å². The molecule has 0 saturated heterocycles. The van der Waals surface area contributed by atoms with E-state index in [1.165, 1.54) is 0 Å². The molecule has 3 nitrogen and oxygen atoms in total. The van der Waals surface area contributed by atoms with Crippen LogP contribution in [-0.4, -0.2) is 42.3 Å². The van der Waals surface area contributed by atoms with E-state index in [9.17, 15) is 5.11 Å². The molecule has 1 saturated carbocycles. The molecule has 1 aliphatic carbocycles. The molecule has 0 heterocycles. The standard InChI is InChI=1S/C13H28N2O/c1-11(2)9-15(3)8-6-12-5-4-7-13(12,16)10-14/h11-12,16H,4-10,14H2,1-3H3. The van der Waals surface area contributed by atoms with Crippen LogP contribution >= 0.6 is 0 Å². The van der Waals surface area contributed by atoms with Crippen molar-refractivity contribution in [3.8, 4) is 0 Å². The number of hydrogen-bond donors (Lipinski definition) is 2. The first-order valence-corrected chi connectivity index (χ1v) is 6.59. The predicted octanol–water partition coefficient (Wildman–Crippen LogP) is 1.45. The number of hydrogen-bond acceptors (Lipinski definition) is 3. The maximum atomic E-state index is 10.3. The fourth-order valence-electron chi connectivity index (χ4n) is 2.90. The summed E-state index contributed by atoms with van der Waals surface area (Å²) in [7, 11) is 2.16. The van der Waals surface area contributed by atoms with Crippen LogP contribution in [0.5, 0.6) is 0 Å². The topological polar surface area (TPSA) is 49.5 Å². The molecule has 0 aromatic carbocycles. The lowest BCUT2D eigenvalue weighted by Crippen LogP contribution is -2.42. The maximum absolute atomic E-state index is 10.3. The molecular weight excluding hydrogens is 200 g/mol. The van der Waals surface area contributed by atoms with E-state index >= 15 is 0 Å². The van der Waals surface area contributed by atoms with Gasteiger partial charge in [0.1, 0.15) is 0 Å². The Morgan fingerprint density at radius 2 is 2.19 bits per heavy atom. The third kappa shape index (κ3) is 3.72. The van der Waals surface area contributed by atoms with Gasteiger partial charge in [0.25, 0.3) is 0 Å². The average Bonchev–Trinajstić information content (AvgIpc) is 2.57. The lowest BCUT2D eigenvalue weighted by Gasteiger charge is -2.30. The van der Waals surface area contributed by atoms with Gasteiger partial charge < -0.3 is 15.7 Å². The van der Waals surface area contributed by atoms with Gasteiger partial charge in [-0.3, -0.25) is 0 Å². The smallest absolute Gasteiger partial charge is 0.0797 e. The summed E-state index contributed by atoms with van der Waals surface area (Å²) in [5.74, 6) is 1.12. The summed E-state index contributed by atoms with van der Waals surface area (Å²) < 4.78 is 0. The molecular formula is C13H28N2O. The Bertz CT molecular complexity index is 208. The molecule has 0 radical (unpaired) electrons. The molecule has 2 atom stereocenters. The fourth-order valence-corrected chi connectivity index (χ4v) is 2.90. The van der Waals surface area contributed by atoms with Crippen LogP contribution in [0.15, 0.2) is 0 Å². The Morgan fingerprint density at radius 3 is 2.75 bits per heavy atom. The highest BCUT2D eigenvalue weighted by Gasteiger charge is 2.39. The quantitative estimate of drug-likeness (QED) is 0.723. The maximum Gasteiger partial charge on any atom is 0.0797 e. The predicted molar refractivity (Wildman–Crippen MR) is 68.3 cm³/mol. The monoisotopic (exact) mass is 228 g/mol. The van der Waals surface area contributed by atoms with Crippen molar-refractivity contribution in [1.29, 1.82) is 0 Å². The number of aliphatic hydroxyl groups is 1. The van der Waals surface area contributed by atoms with Crippen molar-refractivity contribution >= 4 is 0 Å². The minimum absolute atomic E-state index is 0.409. The van der Waals surface area contributed by atoms with Crippen LogP contribution in [0.3, 0.4) is 0 Å². The minimum atomic E-state index is -0.571. The Morgan fingerprint density at radius 1 is 1.50 bits per heavy atom. The van der Waals surface area contributed by atoms with E-state index in [2.05, 4.69) is 25.8 Å². The summed E-state index contributed by atoms with van der Waals surface area (Å²) in [5.41, 5.74) is 5.11. The van der Waals surface area contributed by atoms with E-state index in [1.807, 2.05) is 0 Å². The number of nitrogens with zero attached hydrogens (tertiary/aromatic N) is 1. The second kappa shape index (κ2) is 5.99.